The van der Waals surface area contributed by atoms with E-state index in [4.69, 9.17) is 16.0 Å². The molecular formula is C16H15BrClN3O4S2. The van der Waals surface area contributed by atoms with Crippen LogP contribution in [0.15, 0.2) is 47.5 Å². The van der Waals surface area contributed by atoms with Gasteiger partial charge in [-0.2, -0.15) is 4.31 Å². The number of oxazole rings is 1. The molecule has 1 aromatic carbocycles. The lowest BCUT2D eigenvalue weighted by Gasteiger charge is -2.33. The third kappa shape index (κ3) is 3.74. The SMILES string of the molecule is O=c1oc2ccc(Cl)cc2n1CN1CCN(S(=O)(=O)c2ccc(Br)s2)CC1. The van der Waals surface area contributed by atoms with Gasteiger partial charge in [0.05, 0.1) is 16.0 Å². The van der Waals surface area contributed by atoms with Gasteiger partial charge in [0.2, 0.25) is 0 Å². The maximum absolute atomic E-state index is 12.7. The highest BCUT2D eigenvalue weighted by atomic mass is 79.9. The molecule has 1 aliphatic rings. The Hall–Kier alpha value is -1.17. The number of hydrogen-bond donors (Lipinski definition) is 0. The quantitative estimate of drug-likeness (QED) is 0.560. The van der Waals surface area contributed by atoms with Gasteiger partial charge in [-0.15, -0.1) is 11.3 Å². The average Bonchev–Trinajstić information content (AvgIpc) is 3.20. The van der Waals surface area contributed by atoms with Crippen LogP contribution in [0.4, 0.5) is 0 Å². The molecule has 0 radical (unpaired) electrons. The highest BCUT2D eigenvalue weighted by molar-refractivity contribution is 9.11. The Bertz CT molecular complexity index is 1150. The van der Waals surface area contributed by atoms with Crippen molar-refractivity contribution in [2.24, 2.45) is 0 Å². The molecule has 2 aromatic heterocycles. The van der Waals surface area contributed by atoms with Gasteiger partial charge in [-0.25, -0.2) is 13.2 Å². The van der Waals surface area contributed by atoms with Gasteiger partial charge in [-0.1, -0.05) is 11.6 Å². The van der Waals surface area contributed by atoms with Crippen molar-refractivity contribution >= 4 is 60.0 Å². The van der Waals surface area contributed by atoms with Crippen molar-refractivity contribution in [3.8, 4) is 0 Å². The molecule has 3 heterocycles. The van der Waals surface area contributed by atoms with E-state index in [9.17, 15) is 13.2 Å². The molecule has 144 valence electrons. The standard InChI is InChI=1S/C16H15BrClN3O4S2/c17-14-3-4-15(26-14)27(23,24)20-7-5-19(6-8-20)10-21-12-9-11(18)1-2-13(12)25-16(21)22/h1-4,9H,5-8,10H2. The van der Waals surface area contributed by atoms with Crippen molar-refractivity contribution < 1.29 is 12.8 Å². The van der Waals surface area contributed by atoms with Crippen LogP contribution in [0, 0.1) is 0 Å². The molecule has 0 atom stereocenters. The predicted molar refractivity (Wildman–Crippen MR) is 108 cm³/mol. The normalized spacial score (nSPS) is 17.0. The van der Waals surface area contributed by atoms with Crippen LogP contribution in [0.25, 0.3) is 11.1 Å². The first kappa shape index (κ1) is 19.2. The highest BCUT2D eigenvalue weighted by Gasteiger charge is 2.30. The number of piperazine rings is 1. The average molecular weight is 493 g/mol. The Balaban J connectivity index is 1.48. The lowest BCUT2D eigenvalue weighted by atomic mass is 10.3. The zero-order valence-corrected chi connectivity index (χ0v) is 17.9. The van der Waals surface area contributed by atoms with Crippen LogP contribution >= 0.6 is 38.9 Å². The first-order valence-electron chi connectivity index (χ1n) is 8.11. The number of thiophene rings is 1. The van der Waals surface area contributed by atoms with E-state index >= 15 is 0 Å². The summed E-state index contributed by atoms with van der Waals surface area (Å²) in [5.41, 5.74) is 1.11. The molecule has 7 nitrogen and oxygen atoms in total. The fourth-order valence-electron chi connectivity index (χ4n) is 3.04. The molecule has 0 saturated carbocycles. The minimum Gasteiger partial charge on any atom is -0.408 e. The fourth-order valence-corrected chi connectivity index (χ4v) is 6.80. The Morgan fingerprint density at radius 2 is 1.89 bits per heavy atom. The second kappa shape index (κ2) is 7.34. The lowest BCUT2D eigenvalue weighted by molar-refractivity contribution is 0.150. The van der Waals surface area contributed by atoms with Crippen LogP contribution in [0.3, 0.4) is 0 Å². The van der Waals surface area contributed by atoms with E-state index in [0.717, 1.165) is 3.79 Å². The molecule has 1 saturated heterocycles. The van der Waals surface area contributed by atoms with E-state index in [2.05, 4.69) is 15.9 Å². The summed E-state index contributed by atoms with van der Waals surface area (Å²) in [4.78, 5) is 14.2. The van der Waals surface area contributed by atoms with Crippen LogP contribution in [0.5, 0.6) is 0 Å². The number of aromatic nitrogens is 1. The molecule has 4 rings (SSSR count). The summed E-state index contributed by atoms with van der Waals surface area (Å²) in [5, 5.41) is 0.523. The molecule has 0 N–H and O–H groups in total. The van der Waals surface area contributed by atoms with Crippen LogP contribution < -0.4 is 5.76 Å². The van der Waals surface area contributed by atoms with Crippen LogP contribution in [0.2, 0.25) is 5.02 Å². The summed E-state index contributed by atoms with van der Waals surface area (Å²) in [7, 11) is -3.48. The number of sulfonamides is 1. The summed E-state index contributed by atoms with van der Waals surface area (Å²) in [6.07, 6.45) is 0. The van der Waals surface area contributed by atoms with Crippen molar-refractivity contribution in [3.63, 3.8) is 0 Å². The zero-order chi connectivity index (χ0) is 19.2. The molecular weight excluding hydrogens is 478 g/mol. The van der Waals surface area contributed by atoms with Crippen LogP contribution in [-0.2, 0) is 16.7 Å². The first-order chi connectivity index (χ1) is 12.8. The minimum atomic E-state index is -3.48. The number of nitrogens with zero attached hydrogens (tertiary/aromatic N) is 3. The number of hydrogen-bond acceptors (Lipinski definition) is 6. The summed E-state index contributed by atoms with van der Waals surface area (Å²) in [6.45, 7) is 2.09. The molecule has 0 spiro atoms. The maximum Gasteiger partial charge on any atom is 0.421 e. The van der Waals surface area contributed by atoms with Gasteiger partial charge < -0.3 is 4.42 Å². The monoisotopic (exact) mass is 491 g/mol. The molecule has 3 aromatic rings. The molecule has 0 bridgehead atoms. The van der Waals surface area contributed by atoms with Crippen molar-refractivity contribution in [1.29, 1.82) is 0 Å². The van der Waals surface area contributed by atoms with Crippen LogP contribution in [0.1, 0.15) is 0 Å². The second-order valence-electron chi connectivity index (χ2n) is 6.13. The van der Waals surface area contributed by atoms with Gasteiger partial charge in [0, 0.05) is 31.2 Å². The minimum absolute atomic E-state index is 0.324. The Kier molecular flexibility index (Phi) is 5.21. The van der Waals surface area contributed by atoms with Gasteiger partial charge >= 0.3 is 5.76 Å². The Morgan fingerprint density at radius 3 is 2.56 bits per heavy atom. The summed E-state index contributed by atoms with van der Waals surface area (Å²) < 4.78 is 34.8. The first-order valence-corrected chi connectivity index (χ1v) is 11.5. The number of halogens is 2. The number of rotatable bonds is 4. The van der Waals surface area contributed by atoms with E-state index < -0.39 is 15.8 Å². The van der Waals surface area contributed by atoms with E-state index in [-0.39, 0.29) is 0 Å². The van der Waals surface area contributed by atoms with Gasteiger partial charge in [-0.3, -0.25) is 9.47 Å². The number of benzene rings is 1. The zero-order valence-electron chi connectivity index (χ0n) is 14.0. The molecule has 0 amide bonds. The third-order valence-corrected chi connectivity index (χ3v) is 8.67. The largest absolute Gasteiger partial charge is 0.421 e. The molecule has 0 unspecified atom stereocenters. The van der Waals surface area contributed by atoms with Gasteiger partial charge in [0.15, 0.2) is 5.58 Å². The summed E-state index contributed by atoms with van der Waals surface area (Å²) >= 11 is 10.5. The molecule has 0 aliphatic carbocycles. The van der Waals surface area contributed by atoms with Crippen LogP contribution in [-0.4, -0.2) is 48.4 Å². The van der Waals surface area contributed by atoms with Crippen molar-refractivity contribution in [2.75, 3.05) is 26.2 Å². The summed E-state index contributed by atoms with van der Waals surface area (Å²) in [5.74, 6) is -0.453. The molecule has 1 fully saturated rings. The van der Waals surface area contributed by atoms with E-state index in [0.29, 0.717) is 53.2 Å². The molecule has 1 aliphatic heterocycles. The Labute approximate surface area is 172 Å². The smallest absolute Gasteiger partial charge is 0.408 e. The fraction of sp³-hybridized carbons (Fsp3) is 0.312. The molecule has 27 heavy (non-hydrogen) atoms. The van der Waals surface area contributed by atoms with E-state index in [1.807, 2.05) is 4.90 Å². The predicted octanol–water partition coefficient (Wildman–Crippen LogP) is 3.04. The molecule has 11 heteroatoms. The second-order valence-corrected chi connectivity index (χ2v) is 11.2. The summed E-state index contributed by atoms with van der Waals surface area (Å²) in [6, 6.07) is 8.37. The van der Waals surface area contributed by atoms with Crippen molar-refractivity contribution in [2.45, 2.75) is 10.9 Å². The van der Waals surface area contributed by atoms with Gasteiger partial charge in [-0.05, 0) is 46.3 Å². The van der Waals surface area contributed by atoms with Gasteiger partial charge in [0.25, 0.3) is 10.0 Å². The topological polar surface area (TPSA) is 75.8 Å². The maximum atomic E-state index is 12.7. The van der Waals surface area contributed by atoms with E-state index in [1.165, 1.54) is 20.2 Å². The highest BCUT2D eigenvalue weighted by Crippen LogP contribution is 2.29. The number of fused-ring (bicyclic) bond motifs is 1. The van der Waals surface area contributed by atoms with E-state index in [1.54, 1.807) is 30.3 Å². The lowest BCUT2D eigenvalue weighted by Crippen LogP contribution is -2.49. The van der Waals surface area contributed by atoms with Gasteiger partial charge in [0.1, 0.15) is 4.21 Å². The third-order valence-electron chi connectivity index (χ3n) is 4.44. The van der Waals surface area contributed by atoms with Crippen molar-refractivity contribution in [1.82, 2.24) is 13.8 Å². The van der Waals surface area contributed by atoms with Crippen molar-refractivity contribution in [3.05, 3.63) is 49.7 Å². The Morgan fingerprint density at radius 1 is 1.15 bits per heavy atom.